The SMILES string of the molecule is CC(C)Cc1nc(CC2CC2)nc(Cl)c1Br. The van der Waals surface area contributed by atoms with E-state index in [1.165, 1.54) is 12.8 Å². The summed E-state index contributed by atoms with van der Waals surface area (Å²) in [7, 11) is 0. The zero-order valence-electron chi connectivity index (χ0n) is 9.63. The van der Waals surface area contributed by atoms with Crippen LogP contribution in [0.2, 0.25) is 5.15 Å². The van der Waals surface area contributed by atoms with Crippen molar-refractivity contribution in [3.63, 3.8) is 0 Å². The van der Waals surface area contributed by atoms with Crippen molar-refractivity contribution in [1.29, 1.82) is 0 Å². The summed E-state index contributed by atoms with van der Waals surface area (Å²) in [5, 5.41) is 0.557. The Balaban J connectivity index is 2.22. The Morgan fingerprint density at radius 2 is 2.06 bits per heavy atom. The Kier molecular flexibility index (Phi) is 3.85. The highest BCUT2D eigenvalue weighted by Gasteiger charge is 2.24. The number of hydrogen-bond acceptors (Lipinski definition) is 2. The van der Waals surface area contributed by atoms with Gasteiger partial charge in [-0.15, -0.1) is 0 Å². The monoisotopic (exact) mass is 302 g/mol. The summed E-state index contributed by atoms with van der Waals surface area (Å²) in [6.07, 6.45) is 4.56. The summed E-state index contributed by atoms with van der Waals surface area (Å²) in [6.45, 7) is 4.37. The van der Waals surface area contributed by atoms with Crippen molar-refractivity contribution in [2.24, 2.45) is 11.8 Å². The lowest BCUT2D eigenvalue weighted by Gasteiger charge is -2.09. The van der Waals surface area contributed by atoms with E-state index in [1.54, 1.807) is 0 Å². The number of hydrogen-bond donors (Lipinski definition) is 0. The van der Waals surface area contributed by atoms with Crippen LogP contribution in [0.5, 0.6) is 0 Å². The van der Waals surface area contributed by atoms with E-state index in [4.69, 9.17) is 11.6 Å². The largest absolute Gasteiger partial charge is 0.237 e. The van der Waals surface area contributed by atoms with Crippen molar-refractivity contribution in [3.8, 4) is 0 Å². The topological polar surface area (TPSA) is 25.8 Å². The molecule has 2 nitrogen and oxygen atoms in total. The molecule has 1 saturated carbocycles. The van der Waals surface area contributed by atoms with Gasteiger partial charge >= 0.3 is 0 Å². The van der Waals surface area contributed by atoms with Gasteiger partial charge in [-0.05, 0) is 47.0 Å². The third-order valence-electron chi connectivity index (χ3n) is 2.70. The Labute approximate surface area is 110 Å². The van der Waals surface area contributed by atoms with Crippen LogP contribution < -0.4 is 0 Å². The van der Waals surface area contributed by atoms with Crippen LogP contribution in [0.25, 0.3) is 0 Å². The number of nitrogens with zero attached hydrogens (tertiary/aromatic N) is 2. The molecule has 0 atom stereocenters. The Bertz CT molecular complexity index is 389. The highest BCUT2D eigenvalue weighted by atomic mass is 79.9. The molecule has 16 heavy (non-hydrogen) atoms. The van der Waals surface area contributed by atoms with Gasteiger partial charge < -0.3 is 0 Å². The summed E-state index contributed by atoms with van der Waals surface area (Å²) in [5.41, 5.74) is 1.05. The zero-order chi connectivity index (χ0) is 11.7. The van der Waals surface area contributed by atoms with Gasteiger partial charge in [-0.3, -0.25) is 0 Å². The third kappa shape index (κ3) is 3.17. The van der Waals surface area contributed by atoms with Crippen LogP contribution in [0, 0.1) is 11.8 Å². The summed E-state index contributed by atoms with van der Waals surface area (Å²) in [5.74, 6) is 2.28. The van der Waals surface area contributed by atoms with Gasteiger partial charge in [0.15, 0.2) is 0 Å². The number of aromatic nitrogens is 2. The third-order valence-corrected chi connectivity index (χ3v) is 4.03. The first-order chi connectivity index (χ1) is 7.56. The standard InChI is InChI=1S/C12H16BrClN2/c1-7(2)5-9-11(13)12(14)16-10(15-9)6-8-3-4-8/h7-8H,3-6H2,1-2H3. The summed E-state index contributed by atoms with van der Waals surface area (Å²) >= 11 is 9.58. The van der Waals surface area contributed by atoms with Crippen LogP contribution in [0.4, 0.5) is 0 Å². The maximum atomic E-state index is 6.11. The van der Waals surface area contributed by atoms with Crippen molar-refractivity contribution in [3.05, 3.63) is 21.1 Å². The molecule has 2 rings (SSSR count). The highest BCUT2D eigenvalue weighted by molar-refractivity contribution is 9.10. The first-order valence-corrected chi connectivity index (χ1v) is 6.94. The van der Waals surface area contributed by atoms with E-state index in [2.05, 4.69) is 39.7 Å². The zero-order valence-corrected chi connectivity index (χ0v) is 12.0. The molecule has 0 unspecified atom stereocenters. The van der Waals surface area contributed by atoms with E-state index in [1.807, 2.05) is 0 Å². The van der Waals surface area contributed by atoms with Crippen molar-refractivity contribution in [1.82, 2.24) is 9.97 Å². The van der Waals surface area contributed by atoms with Crippen molar-refractivity contribution in [2.75, 3.05) is 0 Å². The molecule has 4 heteroatoms. The van der Waals surface area contributed by atoms with E-state index in [0.717, 1.165) is 34.8 Å². The minimum atomic E-state index is 0.557. The molecule has 1 aromatic heterocycles. The molecular weight excluding hydrogens is 288 g/mol. The first-order valence-electron chi connectivity index (χ1n) is 5.77. The van der Waals surface area contributed by atoms with E-state index in [0.29, 0.717) is 11.1 Å². The van der Waals surface area contributed by atoms with Crippen molar-refractivity contribution >= 4 is 27.5 Å². The fraction of sp³-hybridized carbons (Fsp3) is 0.667. The lowest BCUT2D eigenvalue weighted by atomic mass is 10.1. The van der Waals surface area contributed by atoms with E-state index in [9.17, 15) is 0 Å². The fourth-order valence-corrected chi connectivity index (χ4v) is 2.25. The predicted octanol–water partition coefficient (Wildman–Crippen LogP) is 4.04. The molecule has 1 aliphatic carbocycles. The molecule has 0 radical (unpaired) electrons. The Morgan fingerprint density at radius 1 is 1.38 bits per heavy atom. The number of rotatable bonds is 4. The van der Waals surface area contributed by atoms with Crippen molar-refractivity contribution < 1.29 is 0 Å². The number of halogens is 2. The smallest absolute Gasteiger partial charge is 0.147 e. The average Bonchev–Trinajstić information content (AvgIpc) is 2.96. The van der Waals surface area contributed by atoms with Crippen LogP contribution in [-0.2, 0) is 12.8 Å². The van der Waals surface area contributed by atoms with Crippen LogP contribution in [0.3, 0.4) is 0 Å². The second-order valence-electron chi connectivity index (χ2n) is 4.94. The molecule has 1 heterocycles. The van der Waals surface area contributed by atoms with E-state index < -0.39 is 0 Å². The molecule has 88 valence electrons. The van der Waals surface area contributed by atoms with Gasteiger partial charge in [0.25, 0.3) is 0 Å². The van der Waals surface area contributed by atoms with Gasteiger partial charge in [-0.2, -0.15) is 0 Å². The van der Waals surface area contributed by atoms with Gasteiger partial charge in [0, 0.05) is 6.42 Å². The Hall–Kier alpha value is -0.150. The summed E-state index contributed by atoms with van der Waals surface area (Å²) < 4.78 is 0.863. The van der Waals surface area contributed by atoms with Crippen LogP contribution >= 0.6 is 27.5 Å². The highest BCUT2D eigenvalue weighted by Crippen LogP contribution is 2.33. The van der Waals surface area contributed by atoms with Crippen LogP contribution in [0.1, 0.15) is 38.2 Å². The van der Waals surface area contributed by atoms with E-state index >= 15 is 0 Å². The summed E-state index contributed by atoms with van der Waals surface area (Å²) in [4.78, 5) is 8.94. The average molecular weight is 304 g/mol. The molecule has 0 N–H and O–H groups in total. The van der Waals surface area contributed by atoms with Crippen molar-refractivity contribution in [2.45, 2.75) is 39.5 Å². The van der Waals surface area contributed by atoms with Gasteiger partial charge in [0.2, 0.25) is 0 Å². The van der Waals surface area contributed by atoms with Crippen LogP contribution in [0.15, 0.2) is 4.47 Å². The molecule has 0 saturated heterocycles. The molecule has 0 aromatic carbocycles. The molecule has 0 bridgehead atoms. The van der Waals surface area contributed by atoms with Gasteiger partial charge in [-0.1, -0.05) is 25.4 Å². The molecule has 1 aromatic rings. The van der Waals surface area contributed by atoms with Crippen LogP contribution in [-0.4, -0.2) is 9.97 Å². The fourth-order valence-electron chi connectivity index (χ4n) is 1.70. The molecule has 0 aliphatic heterocycles. The molecule has 1 aliphatic rings. The first kappa shape index (κ1) is 12.3. The lowest BCUT2D eigenvalue weighted by Crippen LogP contribution is -2.05. The van der Waals surface area contributed by atoms with Gasteiger partial charge in [0.1, 0.15) is 11.0 Å². The maximum Gasteiger partial charge on any atom is 0.147 e. The lowest BCUT2D eigenvalue weighted by molar-refractivity contribution is 0.624. The minimum Gasteiger partial charge on any atom is -0.237 e. The molecular formula is C12H16BrClN2. The molecule has 0 spiro atoms. The minimum absolute atomic E-state index is 0.557. The van der Waals surface area contributed by atoms with E-state index in [-0.39, 0.29) is 0 Å². The quantitative estimate of drug-likeness (QED) is 0.784. The maximum absolute atomic E-state index is 6.11. The second-order valence-corrected chi connectivity index (χ2v) is 6.09. The summed E-state index contributed by atoms with van der Waals surface area (Å²) in [6, 6.07) is 0. The Morgan fingerprint density at radius 3 is 2.62 bits per heavy atom. The van der Waals surface area contributed by atoms with Gasteiger partial charge in [0.05, 0.1) is 10.2 Å². The normalized spacial score (nSPS) is 15.8. The molecule has 0 amide bonds. The predicted molar refractivity (Wildman–Crippen MR) is 69.7 cm³/mol. The second kappa shape index (κ2) is 5.01. The van der Waals surface area contributed by atoms with Gasteiger partial charge in [-0.25, -0.2) is 9.97 Å². The molecule has 1 fully saturated rings.